The molecule has 0 radical (unpaired) electrons. The number of para-hydroxylation sites is 1. The van der Waals surface area contributed by atoms with Crippen molar-refractivity contribution in [3.05, 3.63) is 65.3 Å². The van der Waals surface area contributed by atoms with Gasteiger partial charge in [0.1, 0.15) is 11.6 Å². The molecule has 1 aliphatic heterocycles. The molecule has 2 aromatic carbocycles. The molecule has 186 valence electrons. The van der Waals surface area contributed by atoms with Gasteiger partial charge in [-0.2, -0.15) is 0 Å². The molecule has 0 saturated carbocycles. The number of hydrogen-bond donors (Lipinski definition) is 0. The standard InChI is InChI=1S/C25H28F2N4O4/c1-17(26)23-28-29-24(35-23)19-7-8-20(21(27)15-19)16-31(25(32)30-11-13-34-14-12-30)10-9-18-5-3-4-6-22(18)33-2/h3-8,15,17H,9-14,16H2,1-2H3. The van der Waals surface area contributed by atoms with Crippen LogP contribution in [0.3, 0.4) is 0 Å². The Bertz CT molecular complexity index is 1150. The van der Waals surface area contributed by atoms with E-state index >= 15 is 4.39 Å². The Morgan fingerprint density at radius 3 is 2.63 bits per heavy atom. The van der Waals surface area contributed by atoms with Crippen molar-refractivity contribution in [3.63, 3.8) is 0 Å². The van der Waals surface area contributed by atoms with Crippen molar-refractivity contribution in [2.24, 2.45) is 0 Å². The summed E-state index contributed by atoms with van der Waals surface area (Å²) in [6.07, 6.45) is -0.866. The molecule has 1 unspecified atom stereocenters. The van der Waals surface area contributed by atoms with E-state index in [1.54, 1.807) is 29.0 Å². The van der Waals surface area contributed by atoms with E-state index in [0.29, 0.717) is 50.4 Å². The van der Waals surface area contributed by atoms with Crippen LogP contribution in [0.2, 0.25) is 0 Å². The lowest BCUT2D eigenvalue weighted by atomic mass is 10.1. The van der Waals surface area contributed by atoms with Gasteiger partial charge in [-0.05, 0) is 37.1 Å². The predicted molar refractivity (Wildman–Crippen MR) is 124 cm³/mol. The van der Waals surface area contributed by atoms with Gasteiger partial charge in [0.25, 0.3) is 5.89 Å². The van der Waals surface area contributed by atoms with Crippen LogP contribution in [0, 0.1) is 5.82 Å². The summed E-state index contributed by atoms with van der Waals surface area (Å²) < 4.78 is 44.6. The van der Waals surface area contributed by atoms with Crippen LogP contribution in [0.15, 0.2) is 46.9 Å². The average molecular weight is 487 g/mol. The number of morpholine rings is 1. The monoisotopic (exact) mass is 486 g/mol. The second-order valence-electron chi connectivity index (χ2n) is 8.23. The van der Waals surface area contributed by atoms with Crippen molar-refractivity contribution >= 4 is 6.03 Å². The Balaban J connectivity index is 1.53. The SMILES string of the molecule is COc1ccccc1CCN(Cc1ccc(-c2nnc(C(C)F)o2)cc1F)C(=O)N1CCOCC1. The molecule has 4 rings (SSSR count). The van der Waals surface area contributed by atoms with E-state index in [2.05, 4.69) is 10.2 Å². The number of alkyl halides is 1. The number of rotatable bonds is 8. The molecule has 0 bridgehead atoms. The molecule has 0 spiro atoms. The summed E-state index contributed by atoms with van der Waals surface area (Å²) in [6.45, 7) is 3.65. The van der Waals surface area contributed by atoms with Crippen LogP contribution < -0.4 is 4.74 Å². The number of benzene rings is 2. The molecule has 35 heavy (non-hydrogen) atoms. The summed E-state index contributed by atoms with van der Waals surface area (Å²) in [5.41, 5.74) is 1.64. The fourth-order valence-electron chi connectivity index (χ4n) is 3.89. The van der Waals surface area contributed by atoms with Crippen LogP contribution in [-0.2, 0) is 17.7 Å². The van der Waals surface area contributed by atoms with Crippen molar-refractivity contribution in [2.75, 3.05) is 40.0 Å². The van der Waals surface area contributed by atoms with Gasteiger partial charge in [0, 0.05) is 30.8 Å². The fourth-order valence-corrected chi connectivity index (χ4v) is 3.89. The van der Waals surface area contributed by atoms with Crippen LogP contribution in [-0.4, -0.2) is 66.0 Å². The van der Waals surface area contributed by atoms with Gasteiger partial charge >= 0.3 is 6.03 Å². The minimum atomic E-state index is -1.41. The Labute approximate surface area is 202 Å². The lowest BCUT2D eigenvalue weighted by molar-refractivity contribution is 0.0426. The lowest BCUT2D eigenvalue weighted by Gasteiger charge is -2.33. The van der Waals surface area contributed by atoms with E-state index in [4.69, 9.17) is 13.9 Å². The van der Waals surface area contributed by atoms with Crippen molar-refractivity contribution in [1.29, 1.82) is 0 Å². The highest BCUT2D eigenvalue weighted by molar-refractivity contribution is 5.74. The second kappa shape index (κ2) is 11.3. The Morgan fingerprint density at radius 2 is 1.94 bits per heavy atom. The van der Waals surface area contributed by atoms with Crippen molar-refractivity contribution < 1.29 is 27.5 Å². The molecule has 1 aromatic heterocycles. The zero-order chi connectivity index (χ0) is 24.8. The third kappa shape index (κ3) is 5.94. The highest BCUT2D eigenvalue weighted by atomic mass is 19.1. The second-order valence-corrected chi connectivity index (χ2v) is 8.23. The number of amides is 2. The Morgan fingerprint density at radius 1 is 1.17 bits per heavy atom. The van der Waals surface area contributed by atoms with Gasteiger partial charge < -0.3 is 23.7 Å². The maximum atomic E-state index is 15.1. The van der Waals surface area contributed by atoms with Crippen LogP contribution in [0.5, 0.6) is 5.75 Å². The normalized spacial score (nSPS) is 14.6. The van der Waals surface area contributed by atoms with Gasteiger partial charge in [0.2, 0.25) is 5.89 Å². The number of hydrogen-bond acceptors (Lipinski definition) is 6. The minimum Gasteiger partial charge on any atom is -0.496 e. The molecular formula is C25H28F2N4O4. The van der Waals surface area contributed by atoms with E-state index in [9.17, 15) is 9.18 Å². The summed E-state index contributed by atoms with van der Waals surface area (Å²) in [4.78, 5) is 16.7. The zero-order valence-electron chi connectivity index (χ0n) is 19.7. The summed E-state index contributed by atoms with van der Waals surface area (Å²) in [7, 11) is 1.60. The Hall–Kier alpha value is -3.53. The largest absolute Gasteiger partial charge is 0.496 e. The first kappa shape index (κ1) is 24.6. The van der Waals surface area contributed by atoms with E-state index in [0.717, 1.165) is 11.3 Å². The van der Waals surface area contributed by atoms with Gasteiger partial charge in [-0.15, -0.1) is 10.2 Å². The predicted octanol–water partition coefficient (Wildman–Crippen LogP) is 4.41. The van der Waals surface area contributed by atoms with Gasteiger partial charge in [-0.1, -0.05) is 24.3 Å². The van der Waals surface area contributed by atoms with Crippen LogP contribution in [0.25, 0.3) is 11.5 Å². The maximum Gasteiger partial charge on any atom is 0.320 e. The van der Waals surface area contributed by atoms with Crippen LogP contribution >= 0.6 is 0 Å². The third-order valence-corrected chi connectivity index (χ3v) is 5.84. The first-order valence-corrected chi connectivity index (χ1v) is 11.5. The first-order chi connectivity index (χ1) is 17.0. The molecule has 8 nitrogen and oxygen atoms in total. The smallest absolute Gasteiger partial charge is 0.320 e. The quantitative estimate of drug-likeness (QED) is 0.469. The molecule has 0 aliphatic carbocycles. The van der Waals surface area contributed by atoms with Crippen molar-refractivity contribution in [3.8, 4) is 17.2 Å². The molecule has 0 N–H and O–H groups in total. The number of halogens is 2. The number of carbonyl (C=O) groups is 1. The topological polar surface area (TPSA) is 80.9 Å². The van der Waals surface area contributed by atoms with E-state index in [1.807, 2.05) is 24.3 Å². The highest BCUT2D eigenvalue weighted by Gasteiger charge is 2.24. The number of ether oxygens (including phenoxy) is 2. The summed E-state index contributed by atoms with van der Waals surface area (Å²) >= 11 is 0. The summed E-state index contributed by atoms with van der Waals surface area (Å²) in [5.74, 6) is 0.0893. The van der Waals surface area contributed by atoms with Crippen molar-refractivity contribution in [1.82, 2.24) is 20.0 Å². The van der Waals surface area contributed by atoms with E-state index in [-0.39, 0.29) is 24.4 Å². The van der Waals surface area contributed by atoms with Gasteiger partial charge in [0.05, 0.1) is 26.9 Å². The van der Waals surface area contributed by atoms with E-state index < -0.39 is 12.0 Å². The molecule has 1 fully saturated rings. The number of carbonyl (C=O) groups excluding carboxylic acids is 1. The lowest BCUT2D eigenvalue weighted by Crippen LogP contribution is -2.48. The van der Waals surface area contributed by atoms with Crippen LogP contribution in [0.1, 0.15) is 30.1 Å². The molecule has 2 amide bonds. The third-order valence-electron chi connectivity index (χ3n) is 5.84. The summed E-state index contributed by atoms with van der Waals surface area (Å²) in [5, 5.41) is 7.43. The minimum absolute atomic E-state index is 0.0346. The maximum absolute atomic E-state index is 15.1. The van der Waals surface area contributed by atoms with Crippen molar-refractivity contribution in [2.45, 2.75) is 26.1 Å². The number of urea groups is 1. The van der Waals surface area contributed by atoms with Gasteiger partial charge in [-0.25, -0.2) is 13.6 Å². The molecule has 1 atom stereocenters. The Kier molecular flexibility index (Phi) is 7.91. The summed E-state index contributed by atoms with van der Waals surface area (Å²) in [6, 6.07) is 11.9. The molecule has 3 aromatic rings. The fraction of sp³-hybridized carbons (Fsp3) is 0.400. The molecule has 1 saturated heterocycles. The zero-order valence-corrected chi connectivity index (χ0v) is 19.7. The van der Waals surface area contributed by atoms with Gasteiger partial charge in [0.15, 0.2) is 6.17 Å². The average Bonchev–Trinajstić information content (AvgIpc) is 3.38. The molecule has 10 heteroatoms. The number of aromatic nitrogens is 2. The molecular weight excluding hydrogens is 458 g/mol. The van der Waals surface area contributed by atoms with Gasteiger partial charge in [-0.3, -0.25) is 0 Å². The first-order valence-electron chi connectivity index (χ1n) is 11.5. The van der Waals surface area contributed by atoms with Crippen LogP contribution in [0.4, 0.5) is 13.6 Å². The number of nitrogens with zero attached hydrogens (tertiary/aromatic N) is 4. The molecule has 1 aliphatic rings. The molecule has 2 heterocycles. The van der Waals surface area contributed by atoms with E-state index in [1.165, 1.54) is 13.0 Å². The highest BCUT2D eigenvalue weighted by Crippen LogP contribution is 2.25. The number of methoxy groups -OCH3 is 1.